The number of carbonyl (C=O) groups excluding carboxylic acids is 2. The largest absolute Gasteiger partial charge is 0.462 e. The molecule has 0 atom stereocenters. The van der Waals surface area contributed by atoms with Crippen LogP contribution in [0.25, 0.3) is 11.0 Å². The summed E-state index contributed by atoms with van der Waals surface area (Å²) >= 11 is 1.30. The quantitative estimate of drug-likeness (QED) is 0.471. The van der Waals surface area contributed by atoms with Gasteiger partial charge in [-0.05, 0) is 44.2 Å². The Morgan fingerprint density at radius 2 is 2.03 bits per heavy atom. The van der Waals surface area contributed by atoms with Crippen LogP contribution in [0.3, 0.4) is 0 Å². The van der Waals surface area contributed by atoms with E-state index in [0.29, 0.717) is 40.6 Å². The van der Waals surface area contributed by atoms with Crippen LogP contribution in [-0.4, -0.2) is 33.8 Å². The number of rotatable bonds is 7. The van der Waals surface area contributed by atoms with Gasteiger partial charge in [0.15, 0.2) is 5.16 Å². The SMILES string of the molecule is CCOC(=O)c1ccc2c(c1)nc(SCC(=O)Nc1ccccc1C#N)n2CC. The molecule has 0 bridgehead atoms. The molecule has 0 aliphatic carbocycles. The Kier molecular flexibility index (Phi) is 6.52. The molecule has 1 N–H and O–H groups in total. The monoisotopic (exact) mass is 408 g/mol. The number of thioether (sulfide) groups is 1. The van der Waals surface area contributed by atoms with Crippen LogP contribution in [0, 0.1) is 11.3 Å². The first-order chi connectivity index (χ1) is 14.1. The average Bonchev–Trinajstić information content (AvgIpc) is 3.09. The highest BCUT2D eigenvalue weighted by molar-refractivity contribution is 7.99. The van der Waals surface area contributed by atoms with E-state index in [1.807, 2.05) is 17.6 Å². The molecule has 0 saturated heterocycles. The van der Waals surface area contributed by atoms with Gasteiger partial charge >= 0.3 is 5.97 Å². The van der Waals surface area contributed by atoms with Gasteiger partial charge in [0.1, 0.15) is 6.07 Å². The van der Waals surface area contributed by atoms with Gasteiger partial charge in [0.05, 0.1) is 40.2 Å². The van der Waals surface area contributed by atoms with Crippen molar-refractivity contribution < 1.29 is 14.3 Å². The zero-order valence-electron chi connectivity index (χ0n) is 16.1. The van der Waals surface area contributed by atoms with E-state index in [1.165, 1.54) is 11.8 Å². The maximum absolute atomic E-state index is 12.3. The highest BCUT2D eigenvalue weighted by Crippen LogP contribution is 2.25. The first-order valence-electron chi connectivity index (χ1n) is 9.16. The molecule has 0 aliphatic rings. The molecule has 0 fully saturated rings. The van der Waals surface area contributed by atoms with Crippen molar-refractivity contribution in [1.82, 2.24) is 9.55 Å². The van der Waals surface area contributed by atoms with Crippen molar-refractivity contribution in [3.63, 3.8) is 0 Å². The number of fused-ring (bicyclic) bond motifs is 1. The second-order valence-electron chi connectivity index (χ2n) is 6.06. The summed E-state index contributed by atoms with van der Waals surface area (Å²) in [6.45, 7) is 4.74. The molecule has 0 spiro atoms. The van der Waals surface area contributed by atoms with Crippen LogP contribution >= 0.6 is 11.8 Å². The lowest BCUT2D eigenvalue weighted by Gasteiger charge is -2.08. The molecule has 29 heavy (non-hydrogen) atoms. The average molecular weight is 408 g/mol. The van der Waals surface area contributed by atoms with Crippen LogP contribution in [-0.2, 0) is 16.1 Å². The molecule has 1 amide bonds. The number of para-hydroxylation sites is 1. The number of carbonyl (C=O) groups is 2. The standard InChI is InChI=1S/C21H20N4O3S/c1-3-25-18-10-9-14(20(27)28-4-2)11-17(18)24-21(25)29-13-19(26)23-16-8-6-5-7-15(16)12-22/h5-11H,3-4,13H2,1-2H3,(H,23,26). The van der Waals surface area contributed by atoms with E-state index >= 15 is 0 Å². The van der Waals surface area contributed by atoms with Gasteiger partial charge in [-0.25, -0.2) is 9.78 Å². The van der Waals surface area contributed by atoms with Crippen molar-refractivity contribution in [2.24, 2.45) is 0 Å². The van der Waals surface area contributed by atoms with Gasteiger partial charge in [0, 0.05) is 6.54 Å². The second kappa shape index (κ2) is 9.26. The number of ether oxygens (including phenoxy) is 1. The van der Waals surface area contributed by atoms with Crippen molar-refractivity contribution in [2.45, 2.75) is 25.5 Å². The van der Waals surface area contributed by atoms with Crippen molar-refractivity contribution in [1.29, 1.82) is 5.26 Å². The number of anilines is 1. The maximum Gasteiger partial charge on any atom is 0.338 e. The van der Waals surface area contributed by atoms with Crippen LogP contribution in [0.2, 0.25) is 0 Å². The zero-order chi connectivity index (χ0) is 20.8. The molecular weight excluding hydrogens is 388 g/mol. The smallest absolute Gasteiger partial charge is 0.338 e. The highest BCUT2D eigenvalue weighted by atomic mass is 32.2. The fourth-order valence-corrected chi connectivity index (χ4v) is 3.75. The minimum atomic E-state index is -0.384. The number of esters is 1. The summed E-state index contributed by atoms with van der Waals surface area (Å²) in [7, 11) is 0. The third-order valence-electron chi connectivity index (χ3n) is 4.19. The molecular formula is C21H20N4O3S. The fourth-order valence-electron chi connectivity index (χ4n) is 2.87. The Morgan fingerprint density at radius 1 is 1.24 bits per heavy atom. The third kappa shape index (κ3) is 4.58. The lowest BCUT2D eigenvalue weighted by Crippen LogP contribution is -2.15. The first-order valence-corrected chi connectivity index (χ1v) is 10.1. The summed E-state index contributed by atoms with van der Waals surface area (Å²) in [6.07, 6.45) is 0. The van der Waals surface area contributed by atoms with Crippen LogP contribution in [0.15, 0.2) is 47.6 Å². The number of benzene rings is 2. The van der Waals surface area contributed by atoms with E-state index in [4.69, 9.17) is 10.00 Å². The number of amides is 1. The van der Waals surface area contributed by atoms with Gasteiger partial charge < -0.3 is 14.6 Å². The van der Waals surface area contributed by atoms with Gasteiger partial charge in [-0.2, -0.15) is 5.26 Å². The minimum Gasteiger partial charge on any atom is -0.462 e. The fraction of sp³-hybridized carbons (Fsp3) is 0.238. The predicted octanol–water partition coefficient (Wildman–Crippen LogP) is 3.84. The maximum atomic E-state index is 12.3. The van der Waals surface area contributed by atoms with E-state index in [2.05, 4.69) is 16.4 Å². The zero-order valence-corrected chi connectivity index (χ0v) is 17.0. The molecule has 148 valence electrons. The number of nitrogens with one attached hydrogen (secondary N) is 1. The number of imidazole rings is 1. The Hall–Kier alpha value is -3.31. The summed E-state index contributed by atoms with van der Waals surface area (Å²) in [5.41, 5.74) is 2.91. The van der Waals surface area contributed by atoms with Crippen LogP contribution < -0.4 is 5.32 Å². The highest BCUT2D eigenvalue weighted by Gasteiger charge is 2.15. The topological polar surface area (TPSA) is 97.0 Å². The number of hydrogen-bond acceptors (Lipinski definition) is 6. The molecule has 0 radical (unpaired) electrons. The van der Waals surface area contributed by atoms with Crippen molar-refractivity contribution in [3.05, 3.63) is 53.6 Å². The number of aryl methyl sites for hydroxylation is 1. The van der Waals surface area contributed by atoms with E-state index in [0.717, 1.165) is 5.52 Å². The molecule has 7 nitrogen and oxygen atoms in total. The summed E-state index contributed by atoms with van der Waals surface area (Å²) in [5.74, 6) is -0.460. The van der Waals surface area contributed by atoms with E-state index in [9.17, 15) is 9.59 Å². The molecule has 0 unspecified atom stereocenters. The van der Waals surface area contributed by atoms with E-state index in [-0.39, 0.29) is 17.6 Å². The lowest BCUT2D eigenvalue weighted by molar-refractivity contribution is -0.113. The Bertz CT molecular complexity index is 1100. The molecule has 3 aromatic rings. The Balaban J connectivity index is 1.76. The molecule has 8 heteroatoms. The van der Waals surface area contributed by atoms with Gasteiger partial charge in [-0.3, -0.25) is 4.79 Å². The number of nitriles is 1. The normalized spacial score (nSPS) is 10.5. The molecule has 2 aromatic carbocycles. The number of nitrogens with zero attached hydrogens (tertiary/aromatic N) is 3. The van der Waals surface area contributed by atoms with Gasteiger partial charge in [0.25, 0.3) is 0 Å². The lowest BCUT2D eigenvalue weighted by atomic mass is 10.2. The van der Waals surface area contributed by atoms with Crippen LogP contribution in [0.1, 0.15) is 29.8 Å². The minimum absolute atomic E-state index is 0.147. The van der Waals surface area contributed by atoms with Gasteiger partial charge in [0.2, 0.25) is 5.91 Å². The third-order valence-corrected chi connectivity index (χ3v) is 5.17. The Morgan fingerprint density at radius 3 is 2.76 bits per heavy atom. The Labute approximate surface area is 172 Å². The molecule has 0 saturated carbocycles. The number of hydrogen-bond donors (Lipinski definition) is 1. The molecule has 1 aromatic heterocycles. The predicted molar refractivity (Wildman–Crippen MR) is 112 cm³/mol. The van der Waals surface area contributed by atoms with Gasteiger partial charge in [-0.1, -0.05) is 23.9 Å². The molecule has 0 aliphatic heterocycles. The summed E-state index contributed by atoms with van der Waals surface area (Å²) in [4.78, 5) is 28.9. The van der Waals surface area contributed by atoms with E-state index < -0.39 is 0 Å². The first kappa shape index (κ1) is 20.4. The summed E-state index contributed by atoms with van der Waals surface area (Å²) < 4.78 is 7.03. The van der Waals surface area contributed by atoms with Gasteiger partial charge in [-0.15, -0.1) is 0 Å². The molecule has 3 rings (SSSR count). The summed E-state index contributed by atoms with van der Waals surface area (Å²) in [6, 6.07) is 14.2. The van der Waals surface area contributed by atoms with Crippen molar-refractivity contribution in [2.75, 3.05) is 17.7 Å². The summed E-state index contributed by atoms with van der Waals surface area (Å²) in [5, 5.41) is 12.6. The van der Waals surface area contributed by atoms with Crippen LogP contribution in [0.4, 0.5) is 5.69 Å². The molecule has 1 heterocycles. The van der Waals surface area contributed by atoms with E-state index in [1.54, 1.807) is 43.3 Å². The number of aromatic nitrogens is 2. The van der Waals surface area contributed by atoms with Crippen molar-refractivity contribution in [3.8, 4) is 6.07 Å². The second-order valence-corrected chi connectivity index (χ2v) is 7.00. The van der Waals surface area contributed by atoms with Crippen LogP contribution in [0.5, 0.6) is 0 Å². The van der Waals surface area contributed by atoms with Crippen molar-refractivity contribution >= 4 is 40.4 Å².